The van der Waals surface area contributed by atoms with Crippen molar-refractivity contribution in [1.82, 2.24) is 24.4 Å². The topological polar surface area (TPSA) is 118 Å². The van der Waals surface area contributed by atoms with Crippen LogP contribution in [0.1, 0.15) is 48.2 Å². The molecular formula is C21H28N6O4S. The van der Waals surface area contributed by atoms with E-state index >= 15 is 0 Å². The number of hydrogen-bond acceptors (Lipinski definition) is 7. The molecule has 0 radical (unpaired) electrons. The predicted molar refractivity (Wildman–Crippen MR) is 118 cm³/mol. The van der Waals surface area contributed by atoms with E-state index < -0.39 is 16.1 Å². The Morgan fingerprint density at radius 2 is 2.06 bits per heavy atom. The highest BCUT2D eigenvalue weighted by atomic mass is 32.2. The molecule has 2 aromatic rings. The number of sulfonamides is 1. The van der Waals surface area contributed by atoms with Crippen LogP contribution >= 0.6 is 0 Å². The smallest absolute Gasteiger partial charge is 0.333 e. The summed E-state index contributed by atoms with van der Waals surface area (Å²) in [6.45, 7) is 3.00. The summed E-state index contributed by atoms with van der Waals surface area (Å²) in [5, 5.41) is 6.99. The summed E-state index contributed by atoms with van der Waals surface area (Å²) in [4.78, 5) is 19.5. The minimum atomic E-state index is -4.15. The molecule has 10 nitrogen and oxygen atoms in total. The zero-order valence-corrected chi connectivity index (χ0v) is 19.3. The highest BCUT2D eigenvalue weighted by molar-refractivity contribution is 7.90. The fraction of sp³-hybridized carbons (Fsp3) is 0.571. The summed E-state index contributed by atoms with van der Waals surface area (Å²) in [6.07, 6.45) is 5.75. The number of anilines is 1. The first-order chi connectivity index (χ1) is 15.2. The molecular weight excluding hydrogens is 432 g/mol. The Kier molecular flexibility index (Phi) is 5.12. The number of pyridine rings is 1. The zero-order chi connectivity index (χ0) is 22.6. The lowest BCUT2D eigenvalue weighted by atomic mass is 10.0. The van der Waals surface area contributed by atoms with E-state index in [4.69, 9.17) is 9.72 Å². The Hall–Kier alpha value is -2.66. The summed E-state index contributed by atoms with van der Waals surface area (Å²) >= 11 is 0. The van der Waals surface area contributed by atoms with Crippen LogP contribution in [0.25, 0.3) is 0 Å². The maximum atomic E-state index is 13.0. The third-order valence-electron chi connectivity index (χ3n) is 6.69. The van der Waals surface area contributed by atoms with Gasteiger partial charge in [-0.15, -0.1) is 0 Å². The van der Waals surface area contributed by atoms with E-state index in [1.54, 1.807) is 0 Å². The highest BCUT2D eigenvalue weighted by Crippen LogP contribution is 2.41. The largest absolute Gasteiger partial charge is 0.475 e. The first-order valence-corrected chi connectivity index (χ1v) is 12.5. The quantitative estimate of drug-likeness (QED) is 0.712. The molecule has 2 aliphatic carbocycles. The van der Waals surface area contributed by atoms with Crippen molar-refractivity contribution in [3.63, 3.8) is 0 Å². The van der Waals surface area contributed by atoms with E-state index in [0.717, 1.165) is 60.3 Å². The lowest BCUT2D eigenvalue weighted by Gasteiger charge is -2.29. The van der Waals surface area contributed by atoms with Crippen LogP contribution < -0.4 is 14.8 Å². The van der Waals surface area contributed by atoms with E-state index in [1.165, 1.54) is 10.9 Å². The molecule has 0 saturated carbocycles. The molecule has 0 saturated heterocycles. The molecule has 2 N–H and O–H groups in total. The van der Waals surface area contributed by atoms with Gasteiger partial charge in [-0.3, -0.25) is 4.98 Å². The number of nitrogens with zero attached hydrogens (tertiary/aromatic N) is 4. The molecule has 2 aromatic heterocycles. The number of rotatable bonds is 4. The van der Waals surface area contributed by atoms with Gasteiger partial charge in [-0.2, -0.15) is 5.10 Å². The molecule has 11 heteroatoms. The van der Waals surface area contributed by atoms with Crippen molar-refractivity contribution in [1.29, 1.82) is 0 Å². The molecule has 0 aromatic carbocycles. The Balaban J connectivity index is 1.38. The number of nitrogens with one attached hydrogen (secondary N) is 2. The summed E-state index contributed by atoms with van der Waals surface area (Å²) in [5.74, 6) is 0.494. The Labute approximate surface area is 187 Å². The number of carbonyl (C=O) groups is 1. The van der Waals surface area contributed by atoms with Gasteiger partial charge in [0.15, 0.2) is 4.90 Å². The third kappa shape index (κ3) is 3.53. The second-order valence-corrected chi connectivity index (χ2v) is 10.7. The monoisotopic (exact) mass is 460 g/mol. The second-order valence-electron chi connectivity index (χ2n) is 9.05. The normalized spacial score (nSPS) is 21.6. The van der Waals surface area contributed by atoms with Gasteiger partial charge >= 0.3 is 6.03 Å². The Morgan fingerprint density at radius 3 is 2.84 bits per heavy atom. The number of urea groups is 1. The van der Waals surface area contributed by atoms with Gasteiger partial charge in [0.2, 0.25) is 5.88 Å². The summed E-state index contributed by atoms with van der Waals surface area (Å²) in [7, 11) is -0.294. The molecule has 2 unspecified atom stereocenters. The average Bonchev–Trinajstić information content (AvgIpc) is 3.45. The zero-order valence-electron chi connectivity index (χ0n) is 18.5. The molecule has 3 heterocycles. The lowest BCUT2D eigenvalue weighted by Crippen LogP contribution is -2.41. The second kappa shape index (κ2) is 7.73. The van der Waals surface area contributed by atoms with Crippen molar-refractivity contribution >= 4 is 21.7 Å². The van der Waals surface area contributed by atoms with E-state index in [2.05, 4.69) is 22.1 Å². The fourth-order valence-electron chi connectivity index (χ4n) is 4.83. The fourth-order valence-corrected chi connectivity index (χ4v) is 5.81. The molecule has 2 atom stereocenters. The van der Waals surface area contributed by atoms with Crippen LogP contribution in [0, 0.1) is 0 Å². The van der Waals surface area contributed by atoms with Gasteiger partial charge in [0.1, 0.15) is 6.61 Å². The summed E-state index contributed by atoms with van der Waals surface area (Å²) < 4.78 is 35.3. The number of likely N-dealkylation sites (N-methyl/N-ethyl adjacent to an activating group) is 1. The van der Waals surface area contributed by atoms with Crippen molar-refractivity contribution in [2.24, 2.45) is 0 Å². The molecule has 0 spiro atoms. The lowest BCUT2D eigenvalue weighted by molar-refractivity contribution is 0.117. The predicted octanol–water partition coefficient (Wildman–Crippen LogP) is 1.65. The maximum Gasteiger partial charge on any atom is 0.333 e. The molecule has 0 fully saturated rings. The van der Waals surface area contributed by atoms with Crippen molar-refractivity contribution in [2.45, 2.75) is 62.4 Å². The first kappa shape index (κ1) is 21.2. The number of hydrogen-bond donors (Lipinski definition) is 2. The number of aromatic nitrogens is 3. The number of fused-ring (bicyclic) bond motifs is 3. The Bertz CT molecular complexity index is 1190. The van der Waals surface area contributed by atoms with Gasteiger partial charge in [0.25, 0.3) is 10.0 Å². The molecule has 1 aliphatic heterocycles. The summed E-state index contributed by atoms with van der Waals surface area (Å²) in [5.41, 5.74) is 4.85. The average molecular weight is 461 g/mol. The highest BCUT2D eigenvalue weighted by Gasteiger charge is 2.33. The van der Waals surface area contributed by atoms with E-state index in [0.29, 0.717) is 19.1 Å². The number of amides is 2. The summed E-state index contributed by atoms with van der Waals surface area (Å²) in [6, 6.07) is -0.693. The van der Waals surface area contributed by atoms with Crippen LogP contribution in [-0.4, -0.2) is 60.9 Å². The van der Waals surface area contributed by atoms with Crippen molar-refractivity contribution in [3.05, 3.63) is 28.7 Å². The van der Waals surface area contributed by atoms with E-state index in [9.17, 15) is 13.2 Å². The molecule has 3 aliphatic rings. The SMILES string of the molecule is CC1CCc2c1nc1c(c2NC(=O)NS(=O)(=O)c2cnn3c2OCC(N(C)C)C3)CCC1. The van der Waals surface area contributed by atoms with Gasteiger partial charge in [-0.1, -0.05) is 6.92 Å². The minimum absolute atomic E-state index is 0.0903. The molecule has 172 valence electrons. The van der Waals surface area contributed by atoms with Gasteiger partial charge < -0.3 is 15.0 Å². The number of carbonyl (C=O) groups excluding carboxylic acids is 1. The Morgan fingerprint density at radius 1 is 1.25 bits per heavy atom. The van der Waals surface area contributed by atoms with Crippen molar-refractivity contribution in [3.8, 4) is 5.88 Å². The van der Waals surface area contributed by atoms with Gasteiger partial charge in [0.05, 0.1) is 24.5 Å². The van der Waals surface area contributed by atoms with Crippen LogP contribution in [0.4, 0.5) is 10.5 Å². The van der Waals surface area contributed by atoms with Crippen molar-refractivity contribution in [2.75, 3.05) is 26.0 Å². The minimum Gasteiger partial charge on any atom is -0.475 e. The first-order valence-electron chi connectivity index (χ1n) is 11.0. The molecule has 5 rings (SSSR count). The van der Waals surface area contributed by atoms with Crippen LogP contribution in [0.15, 0.2) is 11.1 Å². The molecule has 0 bridgehead atoms. The van der Waals surface area contributed by atoms with E-state index in [1.807, 2.05) is 19.0 Å². The number of aryl methyl sites for hydroxylation is 1. The van der Waals surface area contributed by atoms with Crippen LogP contribution in [0.2, 0.25) is 0 Å². The number of ether oxygens (including phenoxy) is 1. The third-order valence-corrected chi connectivity index (χ3v) is 8.01. The maximum absolute atomic E-state index is 13.0. The van der Waals surface area contributed by atoms with Crippen molar-refractivity contribution < 1.29 is 17.9 Å². The van der Waals surface area contributed by atoms with Crippen LogP contribution in [0.5, 0.6) is 5.88 Å². The van der Waals surface area contributed by atoms with Crippen LogP contribution in [-0.2, 0) is 35.8 Å². The van der Waals surface area contributed by atoms with Crippen LogP contribution in [0.3, 0.4) is 0 Å². The standard InChI is InChI=1S/C21H28N6O4S/c1-12-7-8-15-18(12)23-16-6-4-5-14(16)19(15)24-21(28)25-32(29,30)17-9-22-27-10-13(26(2)3)11-31-20(17)27/h9,12-13H,4-8,10-11H2,1-3H3,(H2,23,24,25,28). The van der Waals surface area contributed by atoms with Gasteiger partial charge in [-0.25, -0.2) is 22.6 Å². The van der Waals surface area contributed by atoms with Gasteiger partial charge in [-0.05, 0) is 63.2 Å². The van der Waals surface area contributed by atoms with Gasteiger partial charge in [0, 0.05) is 11.4 Å². The molecule has 32 heavy (non-hydrogen) atoms. The molecule has 2 amide bonds. The van der Waals surface area contributed by atoms with E-state index in [-0.39, 0.29) is 16.8 Å².